The number of alkyl halides is 4. The minimum absolute atomic E-state index is 0.0748. The Kier molecular flexibility index (Phi) is 5.85. The highest BCUT2D eigenvalue weighted by molar-refractivity contribution is 9.09. The Balaban J connectivity index is 4.22. The van der Waals surface area contributed by atoms with E-state index < -0.39 is 18.1 Å². The summed E-state index contributed by atoms with van der Waals surface area (Å²) in [6.07, 6.45) is -4.71. The molecule has 0 heterocycles. The van der Waals surface area contributed by atoms with Crippen LogP contribution in [0, 0.1) is 0 Å². The van der Waals surface area contributed by atoms with Crippen LogP contribution in [0.25, 0.3) is 0 Å². The van der Waals surface area contributed by atoms with E-state index in [0.29, 0.717) is 0 Å². The maximum Gasteiger partial charge on any atom is 0.471 e. The van der Waals surface area contributed by atoms with Gasteiger partial charge in [-0.3, -0.25) is 9.59 Å². The molecule has 15 heavy (non-hydrogen) atoms. The third-order valence-corrected chi connectivity index (χ3v) is 2.33. The maximum absolute atomic E-state index is 11.9. The third kappa shape index (κ3) is 5.76. The monoisotopic (exact) mass is 289 g/mol. The predicted octanol–water partition coefficient (Wildman–Crippen LogP) is 1.80. The van der Waals surface area contributed by atoms with Crippen LogP contribution in [0.1, 0.15) is 19.8 Å². The van der Waals surface area contributed by atoms with Gasteiger partial charge in [-0.05, 0) is 6.42 Å². The summed E-state index contributed by atoms with van der Waals surface area (Å²) in [4.78, 5) is 21.5. The van der Waals surface area contributed by atoms with Crippen molar-refractivity contribution in [2.75, 3.05) is 5.33 Å². The van der Waals surface area contributed by atoms with Gasteiger partial charge in [-0.15, -0.1) is 0 Å². The van der Waals surface area contributed by atoms with E-state index in [-0.39, 0.29) is 24.0 Å². The molecule has 0 bridgehead atoms. The number of halogens is 4. The van der Waals surface area contributed by atoms with E-state index in [1.165, 1.54) is 0 Å². The molecule has 7 heteroatoms. The molecule has 1 N–H and O–H groups in total. The summed E-state index contributed by atoms with van der Waals surface area (Å²) in [6.45, 7) is 1.60. The molecule has 0 fully saturated rings. The third-order valence-electron chi connectivity index (χ3n) is 1.71. The van der Waals surface area contributed by atoms with Crippen molar-refractivity contribution in [3.8, 4) is 0 Å². The van der Waals surface area contributed by atoms with Gasteiger partial charge in [0.05, 0.1) is 5.33 Å². The van der Waals surface area contributed by atoms with Gasteiger partial charge in [0.2, 0.25) is 0 Å². The first-order chi connectivity index (χ1) is 6.81. The van der Waals surface area contributed by atoms with E-state index in [1.54, 1.807) is 12.2 Å². The molecule has 3 nitrogen and oxygen atoms in total. The molecule has 0 aliphatic rings. The van der Waals surface area contributed by atoms with Crippen LogP contribution in [-0.2, 0) is 9.59 Å². The highest BCUT2D eigenvalue weighted by Gasteiger charge is 2.39. The number of carbonyl (C=O) groups is 2. The molecule has 1 atom stereocenters. The van der Waals surface area contributed by atoms with Gasteiger partial charge in [0.15, 0.2) is 0 Å². The topological polar surface area (TPSA) is 46.2 Å². The average Bonchev–Trinajstić information content (AvgIpc) is 2.14. The molecule has 0 aliphatic heterocycles. The molecular weight excluding hydrogens is 279 g/mol. The van der Waals surface area contributed by atoms with Gasteiger partial charge in [-0.25, -0.2) is 0 Å². The van der Waals surface area contributed by atoms with Gasteiger partial charge in [-0.1, -0.05) is 22.9 Å². The Bertz CT molecular complexity index is 243. The molecule has 0 rings (SSSR count). The van der Waals surface area contributed by atoms with Crippen LogP contribution in [0.4, 0.5) is 13.2 Å². The fraction of sp³-hybridized carbons (Fsp3) is 0.750. The lowest BCUT2D eigenvalue weighted by Gasteiger charge is -2.16. The molecule has 88 valence electrons. The van der Waals surface area contributed by atoms with Crippen LogP contribution in [0.3, 0.4) is 0 Å². The first-order valence-electron chi connectivity index (χ1n) is 4.26. The minimum atomic E-state index is -4.90. The van der Waals surface area contributed by atoms with Crippen molar-refractivity contribution >= 4 is 27.6 Å². The molecule has 0 spiro atoms. The zero-order chi connectivity index (χ0) is 12.1. The van der Waals surface area contributed by atoms with Gasteiger partial charge in [-0.2, -0.15) is 13.2 Å². The summed E-state index contributed by atoms with van der Waals surface area (Å²) < 4.78 is 35.6. The molecule has 0 aromatic carbocycles. The van der Waals surface area contributed by atoms with Gasteiger partial charge >= 0.3 is 12.1 Å². The molecule has 0 radical (unpaired) electrons. The Hall–Kier alpha value is -0.590. The molecule has 0 aromatic heterocycles. The number of amides is 1. The van der Waals surface area contributed by atoms with Gasteiger partial charge < -0.3 is 5.32 Å². The second-order valence-electron chi connectivity index (χ2n) is 2.95. The highest BCUT2D eigenvalue weighted by atomic mass is 79.9. The number of rotatable bonds is 5. The van der Waals surface area contributed by atoms with E-state index in [4.69, 9.17) is 0 Å². The summed E-state index contributed by atoms with van der Waals surface area (Å²) in [5.41, 5.74) is 0. The van der Waals surface area contributed by atoms with Gasteiger partial charge in [0.1, 0.15) is 5.78 Å². The average molecular weight is 290 g/mol. The molecule has 0 saturated carbocycles. The normalized spacial score (nSPS) is 13.4. The van der Waals surface area contributed by atoms with E-state index >= 15 is 0 Å². The second-order valence-corrected chi connectivity index (χ2v) is 3.51. The molecular formula is C8H11BrF3NO2. The van der Waals surface area contributed by atoms with Crippen LogP contribution in [0.5, 0.6) is 0 Å². The lowest BCUT2D eigenvalue weighted by Crippen LogP contribution is -2.43. The fourth-order valence-electron chi connectivity index (χ4n) is 0.894. The van der Waals surface area contributed by atoms with Crippen LogP contribution in [0.15, 0.2) is 0 Å². The van der Waals surface area contributed by atoms with Crippen molar-refractivity contribution in [1.82, 2.24) is 5.32 Å². The Labute approximate surface area is 93.5 Å². The van der Waals surface area contributed by atoms with Gasteiger partial charge in [0, 0.05) is 12.5 Å². The molecule has 1 amide bonds. The summed E-state index contributed by atoms with van der Waals surface area (Å²) in [5.74, 6) is -2.25. The van der Waals surface area contributed by atoms with Gasteiger partial charge in [0.25, 0.3) is 0 Å². The van der Waals surface area contributed by atoms with Crippen molar-refractivity contribution in [3.05, 3.63) is 0 Å². The molecule has 0 aromatic rings. The van der Waals surface area contributed by atoms with Crippen molar-refractivity contribution < 1.29 is 22.8 Å². The largest absolute Gasteiger partial charge is 0.471 e. The minimum Gasteiger partial charge on any atom is -0.345 e. The fourth-order valence-corrected chi connectivity index (χ4v) is 1.12. The number of carbonyl (C=O) groups excluding carboxylic acids is 2. The Morgan fingerprint density at radius 2 is 1.93 bits per heavy atom. The summed E-state index contributed by atoms with van der Waals surface area (Å²) in [7, 11) is 0. The number of nitrogens with one attached hydrogen (secondary N) is 1. The standard InChI is InChI=1S/C8H11BrF3NO2/c1-2-5(3-6(14)4-9)13-7(15)8(10,11)12/h5H,2-4H2,1H3,(H,13,15). The van der Waals surface area contributed by atoms with E-state index in [0.717, 1.165) is 0 Å². The van der Waals surface area contributed by atoms with Crippen molar-refractivity contribution in [2.45, 2.75) is 32.0 Å². The number of Topliss-reactive ketones (excluding diaryl/α,β-unsaturated/α-hetero) is 1. The van der Waals surface area contributed by atoms with Crippen LogP contribution < -0.4 is 5.32 Å². The number of ketones is 1. The molecule has 0 saturated heterocycles. The number of hydrogen-bond acceptors (Lipinski definition) is 2. The zero-order valence-electron chi connectivity index (χ0n) is 8.03. The SMILES string of the molecule is CCC(CC(=O)CBr)NC(=O)C(F)(F)F. The van der Waals surface area contributed by atoms with Crippen molar-refractivity contribution in [1.29, 1.82) is 0 Å². The predicted molar refractivity (Wildman–Crippen MR) is 51.7 cm³/mol. The highest BCUT2D eigenvalue weighted by Crippen LogP contribution is 2.15. The van der Waals surface area contributed by atoms with E-state index in [1.807, 2.05) is 0 Å². The number of hydrogen-bond donors (Lipinski definition) is 1. The first kappa shape index (κ1) is 14.4. The van der Waals surface area contributed by atoms with E-state index in [9.17, 15) is 22.8 Å². The quantitative estimate of drug-likeness (QED) is 0.785. The summed E-state index contributed by atoms with van der Waals surface area (Å²) in [5, 5.41) is 1.84. The second kappa shape index (κ2) is 6.09. The summed E-state index contributed by atoms with van der Waals surface area (Å²) in [6, 6.07) is -0.760. The lowest BCUT2D eigenvalue weighted by atomic mass is 10.1. The smallest absolute Gasteiger partial charge is 0.345 e. The Morgan fingerprint density at radius 3 is 2.27 bits per heavy atom. The maximum atomic E-state index is 11.9. The zero-order valence-corrected chi connectivity index (χ0v) is 9.61. The van der Waals surface area contributed by atoms with Crippen molar-refractivity contribution in [2.24, 2.45) is 0 Å². The lowest BCUT2D eigenvalue weighted by molar-refractivity contribution is -0.174. The van der Waals surface area contributed by atoms with Crippen LogP contribution in [0.2, 0.25) is 0 Å². The van der Waals surface area contributed by atoms with E-state index in [2.05, 4.69) is 15.9 Å². The first-order valence-corrected chi connectivity index (χ1v) is 5.38. The molecule has 1 unspecified atom stereocenters. The summed E-state index contributed by atoms with van der Waals surface area (Å²) >= 11 is 2.89. The van der Waals surface area contributed by atoms with Crippen molar-refractivity contribution in [3.63, 3.8) is 0 Å². The Morgan fingerprint density at radius 1 is 1.40 bits per heavy atom. The van der Waals surface area contributed by atoms with Crippen LogP contribution >= 0.6 is 15.9 Å². The van der Waals surface area contributed by atoms with Crippen LogP contribution in [-0.4, -0.2) is 29.2 Å². The molecule has 0 aliphatic carbocycles.